The number of aromatic hydroxyl groups is 1. The number of hydrogen-bond donors (Lipinski definition) is 2. The van der Waals surface area contributed by atoms with Gasteiger partial charge in [-0.25, -0.2) is 4.79 Å². The van der Waals surface area contributed by atoms with Gasteiger partial charge in [0.05, 0.1) is 7.11 Å². The Bertz CT molecular complexity index is 1040. The molecular formula is C21H17NO6. The molecule has 0 bridgehead atoms. The number of carbonyl (C=O) groups excluding carboxylic acids is 3. The first kappa shape index (κ1) is 18.9. The van der Waals surface area contributed by atoms with Crippen LogP contribution in [0.25, 0.3) is 10.8 Å². The van der Waals surface area contributed by atoms with E-state index in [1.807, 2.05) is 6.07 Å². The SMILES string of the molecule is COc1ccc(C(=O)NC(=O)COC(=O)c2cc3ccccc3cc2O)cc1. The standard InChI is InChI=1S/C21H17NO6/c1-27-16-8-6-13(7-9-16)20(25)22-19(24)12-28-21(26)17-10-14-4-2-3-5-15(14)11-18(17)23/h2-11,23H,12H2,1H3,(H,22,24,25). The molecular weight excluding hydrogens is 362 g/mol. The summed E-state index contributed by atoms with van der Waals surface area (Å²) in [5, 5.41) is 13.6. The van der Waals surface area contributed by atoms with E-state index in [0.29, 0.717) is 5.75 Å². The van der Waals surface area contributed by atoms with Crippen molar-refractivity contribution in [2.75, 3.05) is 13.7 Å². The third kappa shape index (κ3) is 4.27. The maximum Gasteiger partial charge on any atom is 0.342 e. The second kappa shape index (κ2) is 8.22. The number of phenols is 1. The maximum absolute atomic E-state index is 12.2. The molecule has 2 amide bonds. The Hall–Kier alpha value is -3.87. The first-order chi connectivity index (χ1) is 13.5. The molecule has 3 aromatic carbocycles. The van der Waals surface area contributed by atoms with Crippen LogP contribution in [0.4, 0.5) is 0 Å². The lowest BCUT2D eigenvalue weighted by atomic mass is 10.1. The van der Waals surface area contributed by atoms with Crippen LogP contribution >= 0.6 is 0 Å². The van der Waals surface area contributed by atoms with Gasteiger partial charge in [-0.1, -0.05) is 24.3 Å². The van der Waals surface area contributed by atoms with E-state index >= 15 is 0 Å². The molecule has 3 aromatic rings. The molecule has 0 aliphatic heterocycles. The van der Waals surface area contributed by atoms with Gasteiger partial charge in [0.25, 0.3) is 11.8 Å². The molecule has 7 heteroatoms. The van der Waals surface area contributed by atoms with Gasteiger partial charge in [0.15, 0.2) is 6.61 Å². The van der Waals surface area contributed by atoms with Crippen LogP contribution in [0.3, 0.4) is 0 Å². The first-order valence-corrected chi connectivity index (χ1v) is 8.35. The highest BCUT2D eigenvalue weighted by molar-refractivity contribution is 6.06. The van der Waals surface area contributed by atoms with Crippen LogP contribution in [0.2, 0.25) is 0 Å². The smallest absolute Gasteiger partial charge is 0.342 e. The predicted octanol–water partition coefficient (Wildman–Crippen LogP) is 2.67. The van der Waals surface area contributed by atoms with Crippen molar-refractivity contribution in [1.29, 1.82) is 0 Å². The highest BCUT2D eigenvalue weighted by Gasteiger charge is 2.17. The molecule has 0 saturated heterocycles. The van der Waals surface area contributed by atoms with Crippen molar-refractivity contribution in [3.05, 3.63) is 71.8 Å². The van der Waals surface area contributed by atoms with Gasteiger partial charge in [0.2, 0.25) is 0 Å². The Labute approximate surface area is 160 Å². The highest BCUT2D eigenvalue weighted by Crippen LogP contribution is 2.25. The zero-order valence-corrected chi connectivity index (χ0v) is 15.0. The van der Waals surface area contributed by atoms with E-state index in [-0.39, 0.29) is 16.9 Å². The van der Waals surface area contributed by atoms with Crippen LogP contribution in [-0.4, -0.2) is 36.6 Å². The number of carbonyl (C=O) groups is 3. The number of fused-ring (bicyclic) bond motifs is 1. The van der Waals surface area contributed by atoms with Gasteiger partial charge in [-0.3, -0.25) is 14.9 Å². The second-order valence-electron chi connectivity index (χ2n) is 5.90. The van der Waals surface area contributed by atoms with E-state index in [2.05, 4.69) is 5.32 Å². The largest absolute Gasteiger partial charge is 0.507 e. The minimum atomic E-state index is -0.865. The Morgan fingerprint density at radius 1 is 0.964 bits per heavy atom. The summed E-state index contributed by atoms with van der Waals surface area (Å²) in [6, 6.07) is 16.3. The Kier molecular flexibility index (Phi) is 5.55. The summed E-state index contributed by atoms with van der Waals surface area (Å²) in [5.74, 6) is -1.95. The summed E-state index contributed by atoms with van der Waals surface area (Å²) in [6.45, 7) is -0.660. The topological polar surface area (TPSA) is 102 Å². The number of nitrogens with one attached hydrogen (secondary N) is 1. The molecule has 0 spiro atoms. The van der Waals surface area contributed by atoms with Crippen molar-refractivity contribution in [3.63, 3.8) is 0 Å². The van der Waals surface area contributed by atoms with Gasteiger partial charge in [-0.05, 0) is 47.2 Å². The van der Waals surface area contributed by atoms with Crippen molar-refractivity contribution in [2.45, 2.75) is 0 Å². The molecule has 0 heterocycles. The van der Waals surface area contributed by atoms with Gasteiger partial charge < -0.3 is 14.6 Å². The lowest BCUT2D eigenvalue weighted by Gasteiger charge is -2.08. The summed E-state index contributed by atoms with van der Waals surface area (Å²) >= 11 is 0. The van der Waals surface area contributed by atoms with Gasteiger partial charge in [0.1, 0.15) is 17.1 Å². The highest BCUT2D eigenvalue weighted by atomic mass is 16.5. The monoisotopic (exact) mass is 379 g/mol. The van der Waals surface area contributed by atoms with Crippen molar-refractivity contribution >= 4 is 28.6 Å². The van der Waals surface area contributed by atoms with E-state index in [1.165, 1.54) is 31.4 Å². The molecule has 0 unspecified atom stereocenters. The minimum absolute atomic E-state index is 0.0621. The predicted molar refractivity (Wildman–Crippen MR) is 101 cm³/mol. The molecule has 142 valence electrons. The first-order valence-electron chi connectivity index (χ1n) is 8.35. The molecule has 0 aliphatic rings. The summed E-state index contributed by atoms with van der Waals surface area (Å²) in [7, 11) is 1.50. The fourth-order valence-electron chi connectivity index (χ4n) is 2.58. The molecule has 0 radical (unpaired) electrons. The van der Waals surface area contributed by atoms with Crippen LogP contribution in [0, 0.1) is 0 Å². The molecule has 2 N–H and O–H groups in total. The number of benzene rings is 3. The van der Waals surface area contributed by atoms with Crippen molar-refractivity contribution in [1.82, 2.24) is 5.32 Å². The van der Waals surface area contributed by atoms with Gasteiger partial charge in [0, 0.05) is 5.56 Å². The fraction of sp³-hybridized carbons (Fsp3) is 0.0952. The Morgan fingerprint density at radius 3 is 2.25 bits per heavy atom. The summed E-state index contributed by atoms with van der Waals surface area (Å²) in [5.41, 5.74) is 0.195. The number of rotatable bonds is 5. The molecule has 7 nitrogen and oxygen atoms in total. The second-order valence-corrected chi connectivity index (χ2v) is 5.90. The third-order valence-corrected chi connectivity index (χ3v) is 4.02. The average molecular weight is 379 g/mol. The van der Waals surface area contributed by atoms with Crippen molar-refractivity contribution in [2.24, 2.45) is 0 Å². The number of phenolic OH excluding ortho intramolecular Hbond substituents is 1. The van der Waals surface area contributed by atoms with Crippen LogP contribution in [0.15, 0.2) is 60.7 Å². The van der Waals surface area contributed by atoms with Gasteiger partial charge >= 0.3 is 5.97 Å². The number of amides is 2. The summed E-state index contributed by atoms with van der Waals surface area (Å²) < 4.78 is 9.91. The minimum Gasteiger partial charge on any atom is -0.507 e. The van der Waals surface area contributed by atoms with Gasteiger partial charge in [-0.15, -0.1) is 0 Å². The normalized spacial score (nSPS) is 10.3. The van der Waals surface area contributed by atoms with E-state index in [0.717, 1.165) is 10.8 Å². The number of methoxy groups -OCH3 is 1. The summed E-state index contributed by atoms with van der Waals surface area (Å²) in [6.07, 6.45) is 0. The van der Waals surface area contributed by atoms with Crippen LogP contribution in [0.5, 0.6) is 11.5 Å². The van der Waals surface area contributed by atoms with Crippen LogP contribution in [0.1, 0.15) is 20.7 Å². The molecule has 0 aliphatic carbocycles. The molecule has 0 aromatic heterocycles. The molecule has 3 rings (SSSR count). The van der Waals surface area contributed by atoms with E-state index in [1.54, 1.807) is 30.3 Å². The van der Waals surface area contributed by atoms with Crippen molar-refractivity contribution < 1.29 is 29.0 Å². The molecule has 0 saturated carbocycles. The van der Waals surface area contributed by atoms with Crippen LogP contribution in [-0.2, 0) is 9.53 Å². The Morgan fingerprint density at radius 2 is 1.61 bits per heavy atom. The zero-order chi connectivity index (χ0) is 20.1. The van der Waals surface area contributed by atoms with Crippen molar-refractivity contribution in [3.8, 4) is 11.5 Å². The van der Waals surface area contributed by atoms with Crippen LogP contribution < -0.4 is 10.1 Å². The molecule has 0 atom stereocenters. The lowest BCUT2D eigenvalue weighted by molar-refractivity contribution is -0.123. The van der Waals surface area contributed by atoms with E-state index < -0.39 is 24.4 Å². The van der Waals surface area contributed by atoms with E-state index in [4.69, 9.17) is 9.47 Å². The summed E-state index contributed by atoms with van der Waals surface area (Å²) in [4.78, 5) is 36.1. The van der Waals surface area contributed by atoms with Gasteiger partial charge in [-0.2, -0.15) is 0 Å². The van der Waals surface area contributed by atoms with E-state index in [9.17, 15) is 19.5 Å². The third-order valence-electron chi connectivity index (χ3n) is 4.02. The number of hydrogen-bond acceptors (Lipinski definition) is 6. The number of imide groups is 1. The quantitative estimate of drug-likeness (QED) is 0.661. The number of ether oxygens (including phenoxy) is 2. The fourth-order valence-corrected chi connectivity index (χ4v) is 2.58. The molecule has 0 fully saturated rings. The maximum atomic E-state index is 12.2. The lowest BCUT2D eigenvalue weighted by Crippen LogP contribution is -2.34. The average Bonchev–Trinajstić information content (AvgIpc) is 2.71. The molecule has 28 heavy (non-hydrogen) atoms. The Balaban J connectivity index is 1.60. The zero-order valence-electron chi connectivity index (χ0n) is 15.0. The number of esters is 1.